The first kappa shape index (κ1) is 18.5. The van der Waals surface area contributed by atoms with E-state index in [2.05, 4.69) is 37.5 Å². The molecular weight excluding hydrogens is 374 g/mol. The molecule has 4 rings (SSSR count). The molecule has 0 radical (unpaired) electrons. The van der Waals surface area contributed by atoms with Crippen LogP contribution in [0.3, 0.4) is 0 Å². The zero-order valence-electron chi connectivity index (χ0n) is 15.4. The average molecular weight is 395 g/mol. The molecule has 0 atom stereocenters. The van der Waals surface area contributed by atoms with Crippen LogP contribution in [0, 0.1) is 0 Å². The zero-order chi connectivity index (χ0) is 19.2. The fourth-order valence-corrected chi connectivity index (χ4v) is 3.67. The Morgan fingerprint density at radius 2 is 1.79 bits per heavy atom. The number of benzene rings is 1. The summed E-state index contributed by atoms with van der Waals surface area (Å²) >= 11 is 1.21. The van der Waals surface area contributed by atoms with Gasteiger partial charge in [0.15, 0.2) is 0 Å². The van der Waals surface area contributed by atoms with Gasteiger partial charge in [0.05, 0.1) is 5.75 Å². The first-order chi connectivity index (χ1) is 13.8. The van der Waals surface area contributed by atoms with Gasteiger partial charge in [-0.1, -0.05) is 11.8 Å². The molecule has 144 valence electrons. The van der Waals surface area contributed by atoms with Crippen LogP contribution in [0.4, 0.5) is 11.4 Å². The molecule has 7 nitrogen and oxygen atoms in total. The van der Waals surface area contributed by atoms with Gasteiger partial charge in [-0.05, 0) is 55.7 Å². The van der Waals surface area contributed by atoms with Crippen molar-refractivity contribution in [1.29, 1.82) is 0 Å². The molecule has 8 heteroatoms. The highest BCUT2D eigenvalue weighted by Crippen LogP contribution is 2.24. The summed E-state index contributed by atoms with van der Waals surface area (Å²) in [5.41, 5.74) is 2.79. The fourth-order valence-electron chi connectivity index (χ4n) is 3.11. The van der Waals surface area contributed by atoms with E-state index in [-0.39, 0.29) is 11.7 Å². The largest absolute Gasteiger partial charge is 0.411 e. The molecule has 1 saturated heterocycles. The molecule has 1 aliphatic rings. The van der Waals surface area contributed by atoms with Gasteiger partial charge in [0, 0.05) is 42.4 Å². The monoisotopic (exact) mass is 395 g/mol. The van der Waals surface area contributed by atoms with Gasteiger partial charge in [-0.3, -0.25) is 9.78 Å². The highest BCUT2D eigenvalue weighted by atomic mass is 32.2. The van der Waals surface area contributed by atoms with Crippen LogP contribution in [0.15, 0.2) is 58.4 Å². The van der Waals surface area contributed by atoms with E-state index in [0.717, 1.165) is 24.3 Å². The Balaban J connectivity index is 1.28. The molecule has 0 aliphatic carbocycles. The van der Waals surface area contributed by atoms with Crippen molar-refractivity contribution in [1.82, 2.24) is 15.2 Å². The summed E-state index contributed by atoms with van der Waals surface area (Å²) in [6, 6.07) is 11.6. The Morgan fingerprint density at radius 1 is 1.04 bits per heavy atom. The van der Waals surface area contributed by atoms with E-state index in [4.69, 9.17) is 4.42 Å². The van der Waals surface area contributed by atoms with Crippen molar-refractivity contribution in [2.75, 3.05) is 29.1 Å². The molecule has 1 amide bonds. The maximum Gasteiger partial charge on any atom is 0.277 e. The van der Waals surface area contributed by atoms with Crippen LogP contribution in [0.1, 0.15) is 19.3 Å². The molecule has 0 spiro atoms. The molecule has 0 unspecified atom stereocenters. The summed E-state index contributed by atoms with van der Waals surface area (Å²) in [5.74, 6) is 0.504. The van der Waals surface area contributed by atoms with Crippen LogP contribution >= 0.6 is 11.8 Å². The predicted octanol–water partition coefficient (Wildman–Crippen LogP) is 3.85. The van der Waals surface area contributed by atoms with Crippen molar-refractivity contribution < 1.29 is 9.21 Å². The van der Waals surface area contributed by atoms with Crippen molar-refractivity contribution >= 4 is 29.0 Å². The van der Waals surface area contributed by atoms with Crippen molar-refractivity contribution in [2.45, 2.75) is 24.5 Å². The second kappa shape index (κ2) is 8.88. The van der Waals surface area contributed by atoms with Gasteiger partial charge in [-0.25, -0.2) is 0 Å². The van der Waals surface area contributed by atoms with Gasteiger partial charge in [0.25, 0.3) is 5.22 Å². The lowest BCUT2D eigenvalue weighted by molar-refractivity contribution is -0.113. The molecular formula is C20H21N5O2S. The molecule has 1 N–H and O–H groups in total. The third-order valence-corrected chi connectivity index (χ3v) is 5.35. The van der Waals surface area contributed by atoms with Crippen LogP contribution < -0.4 is 10.2 Å². The first-order valence-corrected chi connectivity index (χ1v) is 10.3. The first-order valence-electron chi connectivity index (χ1n) is 9.29. The van der Waals surface area contributed by atoms with Crippen molar-refractivity contribution in [2.24, 2.45) is 0 Å². The molecule has 3 aromatic rings. The quantitative estimate of drug-likeness (QED) is 0.635. The maximum atomic E-state index is 12.2. The molecule has 1 fully saturated rings. The van der Waals surface area contributed by atoms with E-state index in [1.807, 2.05) is 12.1 Å². The summed E-state index contributed by atoms with van der Waals surface area (Å²) in [7, 11) is 0. The molecule has 0 bridgehead atoms. The van der Waals surface area contributed by atoms with E-state index in [1.54, 1.807) is 24.5 Å². The number of amides is 1. The minimum atomic E-state index is -0.112. The minimum absolute atomic E-state index is 0.112. The predicted molar refractivity (Wildman–Crippen MR) is 109 cm³/mol. The lowest BCUT2D eigenvalue weighted by Gasteiger charge is -2.28. The number of hydrogen-bond donors (Lipinski definition) is 1. The second-order valence-corrected chi connectivity index (χ2v) is 7.47. The van der Waals surface area contributed by atoms with Gasteiger partial charge in [-0.15, -0.1) is 10.2 Å². The minimum Gasteiger partial charge on any atom is -0.411 e. The lowest BCUT2D eigenvalue weighted by Crippen LogP contribution is -2.29. The Bertz CT molecular complexity index is 908. The second-order valence-electron chi connectivity index (χ2n) is 6.54. The number of nitrogens with zero attached hydrogens (tertiary/aromatic N) is 4. The third-order valence-electron chi connectivity index (χ3n) is 4.53. The van der Waals surface area contributed by atoms with E-state index in [1.165, 1.54) is 36.7 Å². The highest BCUT2D eigenvalue weighted by Gasteiger charge is 2.13. The fraction of sp³-hybridized carbons (Fsp3) is 0.300. The molecule has 3 heterocycles. The number of pyridine rings is 1. The standard InChI is InChI=1S/C20H21N5O2S/c26-18(14-28-20-24-23-19(27-20)15-8-10-21-11-9-15)22-16-4-6-17(7-5-16)25-12-2-1-3-13-25/h4-11H,1-3,12-14H2,(H,22,26). The summed E-state index contributed by atoms with van der Waals surface area (Å²) in [5, 5.41) is 11.2. The van der Waals surface area contributed by atoms with Crippen molar-refractivity contribution in [3.63, 3.8) is 0 Å². The van der Waals surface area contributed by atoms with Crippen LogP contribution in [0.2, 0.25) is 0 Å². The van der Waals surface area contributed by atoms with Gasteiger partial charge in [-0.2, -0.15) is 0 Å². The van der Waals surface area contributed by atoms with Gasteiger partial charge < -0.3 is 14.6 Å². The van der Waals surface area contributed by atoms with E-state index < -0.39 is 0 Å². The number of aromatic nitrogens is 3. The molecule has 1 aromatic carbocycles. The Kier molecular flexibility index (Phi) is 5.86. The van der Waals surface area contributed by atoms with E-state index >= 15 is 0 Å². The number of thioether (sulfide) groups is 1. The number of nitrogens with one attached hydrogen (secondary N) is 1. The van der Waals surface area contributed by atoms with Crippen LogP contribution in [-0.4, -0.2) is 39.9 Å². The maximum absolute atomic E-state index is 12.2. The van der Waals surface area contributed by atoms with E-state index in [0.29, 0.717) is 11.1 Å². The topological polar surface area (TPSA) is 84.1 Å². The van der Waals surface area contributed by atoms with Crippen molar-refractivity contribution in [3.8, 4) is 11.5 Å². The molecule has 2 aromatic heterocycles. The number of anilines is 2. The number of rotatable bonds is 6. The molecule has 0 saturated carbocycles. The number of carbonyl (C=O) groups excluding carboxylic acids is 1. The number of hydrogen-bond acceptors (Lipinski definition) is 7. The van der Waals surface area contributed by atoms with Crippen LogP contribution in [-0.2, 0) is 4.79 Å². The van der Waals surface area contributed by atoms with Gasteiger partial charge >= 0.3 is 0 Å². The zero-order valence-corrected chi connectivity index (χ0v) is 16.2. The van der Waals surface area contributed by atoms with E-state index in [9.17, 15) is 4.79 Å². The summed E-state index contributed by atoms with van der Waals surface area (Å²) in [4.78, 5) is 18.6. The van der Waals surface area contributed by atoms with Gasteiger partial charge in [0.2, 0.25) is 11.8 Å². The van der Waals surface area contributed by atoms with Crippen molar-refractivity contribution in [3.05, 3.63) is 48.8 Å². The van der Waals surface area contributed by atoms with Crippen LogP contribution in [0.25, 0.3) is 11.5 Å². The number of piperidine rings is 1. The average Bonchev–Trinajstić information content (AvgIpc) is 3.23. The van der Waals surface area contributed by atoms with Gasteiger partial charge in [0.1, 0.15) is 0 Å². The Morgan fingerprint density at radius 3 is 2.54 bits per heavy atom. The Hall–Kier alpha value is -2.87. The lowest BCUT2D eigenvalue weighted by atomic mass is 10.1. The SMILES string of the molecule is O=C(CSc1nnc(-c2ccncc2)o1)Nc1ccc(N2CCCCC2)cc1. The normalized spacial score (nSPS) is 14.1. The molecule has 1 aliphatic heterocycles. The smallest absolute Gasteiger partial charge is 0.277 e. The summed E-state index contributed by atoms with van der Waals surface area (Å²) in [6.45, 7) is 2.21. The Labute approximate surface area is 167 Å². The summed E-state index contributed by atoms with van der Waals surface area (Å²) < 4.78 is 5.58. The summed E-state index contributed by atoms with van der Waals surface area (Å²) in [6.07, 6.45) is 7.13. The number of carbonyl (C=O) groups is 1. The van der Waals surface area contributed by atoms with Crippen LogP contribution in [0.5, 0.6) is 0 Å². The highest BCUT2D eigenvalue weighted by molar-refractivity contribution is 7.99. The molecule has 28 heavy (non-hydrogen) atoms. The third kappa shape index (κ3) is 4.69.